The van der Waals surface area contributed by atoms with Gasteiger partial charge in [-0.15, -0.1) is 11.8 Å². The molecule has 11 heavy (non-hydrogen) atoms. The van der Waals surface area contributed by atoms with Crippen LogP contribution in [-0.4, -0.2) is 6.26 Å². The predicted molar refractivity (Wildman–Crippen MR) is 50.6 cm³/mol. The minimum Gasteiger partial charge on any atom is -0.205 e. The van der Waals surface area contributed by atoms with Gasteiger partial charge in [0.15, 0.2) is 0 Å². The second-order valence-electron chi connectivity index (χ2n) is 2.24. The summed E-state index contributed by atoms with van der Waals surface area (Å²) in [6.45, 7) is 1.76. The molecule has 0 aliphatic carbocycles. The van der Waals surface area contributed by atoms with Crippen LogP contribution in [0.5, 0.6) is 0 Å². The first-order valence-electron chi connectivity index (χ1n) is 3.15. The summed E-state index contributed by atoms with van der Waals surface area (Å²) in [7, 11) is 0. The molecule has 0 nitrogen and oxygen atoms in total. The Morgan fingerprint density at radius 1 is 1.45 bits per heavy atom. The third-order valence-electron chi connectivity index (χ3n) is 1.42. The number of hydrogen-bond donors (Lipinski definition) is 0. The molecule has 0 atom stereocenters. The molecule has 0 saturated heterocycles. The first kappa shape index (κ1) is 9.07. The lowest BCUT2D eigenvalue weighted by Gasteiger charge is -2.01. The van der Waals surface area contributed by atoms with Crippen molar-refractivity contribution in [3.05, 3.63) is 28.0 Å². The number of aryl methyl sites for hydroxylation is 1. The lowest BCUT2D eigenvalue weighted by atomic mass is 10.2. The van der Waals surface area contributed by atoms with E-state index in [4.69, 9.17) is 0 Å². The molecule has 0 aliphatic rings. The molecule has 60 valence electrons. The maximum Gasteiger partial charge on any atom is 0.140 e. The molecule has 0 fully saturated rings. The lowest BCUT2D eigenvalue weighted by Crippen LogP contribution is -1.84. The Kier molecular flexibility index (Phi) is 2.96. The fourth-order valence-corrected chi connectivity index (χ4v) is 2.05. The van der Waals surface area contributed by atoms with E-state index >= 15 is 0 Å². The highest BCUT2D eigenvalue weighted by Gasteiger charge is 2.03. The minimum absolute atomic E-state index is 0.164. The van der Waals surface area contributed by atoms with E-state index in [2.05, 4.69) is 15.9 Å². The zero-order chi connectivity index (χ0) is 8.43. The van der Waals surface area contributed by atoms with Crippen LogP contribution in [0.15, 0.2) is 21.5 Å². The van der Waals surface area contributed by atoms with Gasteiger partial charge < -0.3 is 0 Å². The number of halogens is 2. The second-order valence-corrected chi connectivity index (χ2v) is 3.97. The van der Waals surface area contributed by atoms with Crippen molar-refractivity contribution in [2.45, 2.75) is 11.8 Å². The van der Waals surface area contributed by atoms with Crippen molar-refractivity contribution in [2.75, 3.05) is 6.26 Å². The van der Waals surface area contributed by atoms with E-state index in [9.17, 15) is 4.39 Å². The van der Waals surface area contributed by atoms with Crippen LogP contribution in [0.1, 0.15) is 5.56 Å². The van der Waals surface area contributed by atoms with E-state index in [0.717, 1.165) is 4.90 Å². The maximum absolute atomic E-state index is 13.0. The van der Waals surface area contributed by atoms with Crippen LogP contribution in [0.4, 0.5) is 4.39 Å². The molecule has 0 bridgehead atoms. The molecular formula is C8H8BrFS. The van der Waals surface area contributed by atoms with E-state index in [1.54, 1.807) is 24.8 Å². The van der Waals surface area contributed by atoms with Crippen molar-refractivity contribution in [1.29, 1.82) is 0 Å². The average molecular weight is 235 g/mol. The van der Waals surface area contributed by atoms with Crippen LogP contribution in [0.25, 0.3) is 0 Å². The van der Waals surface area contributed by atoms with Gasteiger partial charge in [-0.2, -0.15) is 0 Å². The average Bonchev–Trinajstić information content (AvgIpc) is 1.99. The molecule has 0 spiro atoms. The summed E-state index contributed by atoms with van der Waals surface area (Å²) in [5.41, 5.74) is 0.684. The van der Waals surface area contributed by atoms with Gasteiger partial charge in [0.25, 0.3) is 0 Å². The van der Waals surface area contributed by atoms with Gasteiger partial charge in [-0.05, 0) is 46.8 Å². The molecule has 1 aromatic carbocycles. The van der Waals surface area contributed by atoms with Crippen LogP contribution in [-0.2, 0) is 0 Å². The summed E-state index contributed by atoms with van der Waals surface area (Å²) in [4.78, 5) is 1.08. The summed E-state index contributed by atoms with van der Waals surface area (Å²) in [5, 5.41) is 0. The van der Waals surface area contributed by atoms with E-state index in [1.807, 2.05) is 12.3 Å². The summed E-state index contributed by atoms with van der Waals surface area (Å²) in [6, 6.07) is 3.62. The van der Waals surface area contributed by atoms with Gasteiger partial charge in [0.05, 0.1) is 4.47 Å². The van der Waals surface area contributed by atoms with Crippen molar-refractivity contribution in [3.8, 4) is 0 Å². The van der Waals surface area contributed by atoms with Crippen molar-refractivity contribution >= 4 is 27.7 Å². The Morgan fingerprint density at radius 2 is 2.09 bits per heavy atom. The molecular weight excluding hydrogens is 227 g/mol. The fraction of sp³-hybridized carbons (Fsp3) is 0.250. The van der Waals surface area contributed by atoms with Crippen molar-refractivity contribution in [2.24, 2.45) is 0 Å². The van der Waals surface area contributed by atoms with E-state index in [-0.39, 0.29) is 5.82 Å². The highest BCUT2D eigenvalue weighted by Crippen LogP contribution is 2.25. The van der Waals surface area contributed by atoms with E-state index in [1.165, 1.54) is 0 Å². The molecule has 0 N–H and O–H groups in total. The zero-order valence-corrected chi connectivity index (χ0v) is 8.72. The van der Waals surface area contributed by atoms with Crippen LogP contribution in [0.2, 0.25) is 0 Å². The normalized spacial score (nSPS) is 10.2. The minimum atomic E-state index is -0.164. The second kappa shape index (κ2) is 3.59. The Labute approximate surface area is 78.3 Å². The van der Waals surface area contributed by atoms with Crippen molar-refractivity contribution in [3.63, 3.8) is 0 Å². The fourth-order valence-electron chi connectivity index (χ4n) is 0.813. The summed E-state index contributed by atoms with van der Waals surface area (Å²) in [5.74, 6) is -0.164. The smallest absolute Gasteiger partial charge is 0.140 e. The SMILES string of the molecule is CSc1cc(C)c(F)c(Br)c1. The number of benzene rings is 1. The van der Waals surface area contributed by atoms with E-state index < -0.39 is 0 Å². The Morgan fingerprint density at radius 3 is 2.55 bits per heavy atom. The van der Waals surface area contributed by atoms with Gasteiger partial charge >= 0.3 is 0 Å². The predicted octanol–water partition coefficient (Wildman–Crippen LogP) is 3.62. The van der Waals surface area contributed by atoms with Crippen LogP contribution in [0, 0.1) is 12.7 Å². The highest BCUT2D eigenvalue weighted by molar-refractivity contribution is 9.10. The van der Waals surface area contributed by atoms with Gasteiger partial charge in [-0.3, -0.25) is 0 Å². The molecule has 0 heterocycles. The monoisotopic (exact) mass is 234 g/mol. The maximum atomic E-state index is 13.0. The van der Waals surface area contributed by atoms with Crippen molar-refractivity contribution < 1.29 is 4.39 Å². The molecule has 0 radical (unpaired) electrons. The Balaban J connectivity index is 3.21. The van der Waals surface area contributed by atoms with Gasteiger partial charge in [0.1, 0.15) is 5.82 Å². The van der Waals surface area contributed by atoms with Crippen molar-refractivity contribution in [1.82, 2.24) is 0 Å². The van der Waals surface area contributed by atoms with Gasteiger partial charge in [-0.1, -0.05) is 0 Å². The third-order valence-corrected chi connectivity index (χ3v) is 2.70. The number of hydrogen-bond acceptors (Lipinski definition) is 1. The topological polar surface area (TPSA) is 0 Å². The largest absolute Gasteiger partial charge is 0.205 e. The molecule has 0 unspecified atom stereocenters. The van der Waals surface area contributed by atoms with Gasteiger partial charge in [0.2, 0.25) is 0 Å². The van der Waals surface area contributed by atoms with Crippen LogP contribution < -0.4 is 0 Å². The summed E-state index contributed by atoms with van der Waals surface area (Å²) in [6.07, 6.45) is 1.97. The van der Waals surface area contributed by atoms with Gasteiger partial charge in [-0.25, -0.2) is 4.39 Å². The highest BCUT2D eigenvalue weighted by atomic mass is 79.9. The standard InChI is InChI=1S/C8H8BrFS/c1-5-3-6(11-2)4-7(9)8(5)10/h3-4H,1-2H3. The van der Waals surface area contributed by atoms with Crippen LogP contribution in [0.3, 0.4) is 0 Å². The zero-order valence-electron chi connectivity index (χ0n) is 6.32. The molecule has 3 heteroatoms. The Bertz CT molecular complexity index is 250. The molecule has 0 amide bonds. The lowest BCUT2D eigenvalue weighted by molar-refractivity contribution is 0.610. The summed E-state index contributed by atoms with van der Waals surface area (Å²) < 4.78 is 13.5. The molecule has 0 aliphatic heterocycles. The third kappa shape index (κ3) is 1.97. The van der Waals surface area contributed by atoms with Crippen LogP contribution >= 0.6 is 27.7 Å². The molecule has 1 rings (SSSR count). The van der Waals surface area contributed by atoms with Gasteiger partial charge in [0, 0.05) is 4.90 Å². The molecule has 1 aromatic rings. The number of rotatable bonds is 1. The molecule has 0 aromatic heterocycles. The quantitative estimate of drug-likeness (QED) is 0.670. The first-order chi connectivity index (χ1) is 5.15. The summed E-state index contributed by atoms with van der Waals surface area (Å²) >= 11 is 4.76. The number of thioether (sulfide) groups is 1. The Hall–Kier alpha value is -0.0200. The molecule has 0 saturated carbocycles. The first-order valence-corrected chi connectivity index (χ1v) is 5.16. The van der Waals surface area contributed by atoms with E-state index in [0.29, 0.717) is 10.0 Å².